The molecule has 132 valence electrons. The van der Waals surface area contributed by atoms with Crippen LogP contribution >= 0.6 is 0 Å². The predicted octanol–water partition coefficient (Wildman–Crippen LogP) is 0.346. The fraction of sp³-hybridized carbons (Fsp3) is 0.467. The number of rotatable bonds is 8. The molecule has 1 N–H and O–H groups in total. The van der Waals surface area contributed by atoms with Crippen LogP contribution < -0.4 is 5.32 Å². The van der Waals surface area contributed by atoms with Crippen molar-refractivity contribution in [1.82, 2.24) is 9.62 Å². The van der Waals surface area contributed by atoms with Crippen LogP contribution in [-0.2, 0) is 24.3 Å². The number of carbonyl (C=O) groups is 2. The lowest BCUT2D eigenvalue weighted by atomic mass is 10.2. The van der Waals surface area contributed by atoms with Gasteiger partial charge in [0.05, 0.1) is 12.1 Å². The zero-order valence-electron chi connectivity index (χ0n) is 13.5. The fourth-order valence-corrected chi connectivity index (χ4v) is 3.83. The van der Waals surface area contributed by atoms with E-state index in [1.165, 1.54) is 18.2 Å². The van der Waals surface area contributed by atoms with E-state index in [2.05, 4.69) is 5.32 Å². The van der Waals surface area contributed by atoms with Gasteiger partial charge >= 0.3 is 0 Å². The maximum absolute atomic E-state index is 12.3. The molecule has 1 aliphatic rings. The highest BCUT2D eigenvalue weighted by atomic mass is 32.2. The monoisotopic (exact) mass is 356 g/mol. The summed E-state index contributed by atoms with van der Waals surface area (Å²) in [6, 6.07) is 5.88. The molecule has 0 bridgehead atoms. The SMILES string of the molecule is CCOC(CNC(=O)CN1C(=O)c2ccccc2S1(=O)=O)OCC. The highest BCUT2D eigenvalue weighted by molar-refractivity contribution is 7.90. The number of ether oxygens (including phenoxy) is 2. The Bertz CT molecular complexity index is 712. The molecule has 24 heavy (non-hydrogen) atoms. The molecule has 8 nitrogen and oxygen atoms in total. The van der Waals surface area contributed by atoms with E-state index in [1.54, 1.807) is 19.9 Å². The summed E-state index contributed by atoms with van der Waals surface area (Å²) in [5.41, 5.74) is 0.0757. The van der Waals surface area contributed by atoms with Gasteiger partial charge in [-0.25, -0.2) is 12.7 Å². The minimum Gasteiger partial charge on any atom is -0.351 e. The number of nitrogens with zero attached hydrogens (tertiary/aromatic N) is 1. The van der Waals surface area contributed by atoms with Gasteiger partial charge in [-0.05, 0) is 26.0 Å². The van der Waals surface area contributed by atoms with Crippen LogP contribution in [0.5, 0.6) is 0 Å². The van der Waals surface area contributed by atoms with Crippen molar-refractivity contribution >= 4 is 21.8 Å². The molecule has 2 rings (SSSR count). The predicted molar refractivity (Wildman–Crippen MR) is 84.7 cm³/mol. The molecule has 1 aromatic carbocycles. The first-order valence-electron chi connectivity index (χ1n) is 7.57. The van der Waals surface area contributed by atoms with Gasteiger partial charge in [-0.2, -0.15) is 0 Å². The van der Waals surface area contributed by atoms with Gasteiger partial charge in [0.25, 0.3) is 15.9 Å². The topological polar surface area (TPSA) is 102 Å². The Labute approximate surface area is 140 Å². The van der Waals surface area contributed by atoms with Gasteiger partial charge < -0.3 is 14.8 Å². The van der Waals surface area contributed by atoms with E-state index >= 15 is 0 Å². The first-order chi connectivity index (χ1) is 11.4. The van der Waals surface area contributed by atoms with Gasteiger partial charge in [0, 0.05) is 13.2 Å². The van der Waals surface area contributed by atoms with Crippen LogP contribution in [0.25, 0.3) is 0 Å². The van der Waals surface area contributed by atoms with Crippen molar-refractivity contribution in [2.75, 3.05) is 26.3 Å². The Kier molecular flexibility index (Phi) is 5.92. The quantitative estimate of drug-likeness (QED) is 0.674. The summed E-state index contributed by atoms with van der Waals surface area (Å²) in [5.74, 6) is -1.31. The van der Waals surface area contributed by atoms with Crippen LogP contribution in [0.2, 0.25) is 0 Å². The van der Waals surface area contributed by atoms with E-state index < -0.39 is 34.7 Å². The smallest absolute Gasteiger partial charge is 0.269 e. The van der Waals surface area contributed by atoms with Crippen molar-refractivity contribution in [3.05, 3.63) is 29.8 Å². The number of hydrogen-bond donors (Lipinski definition) is 1. The number of benzene rings is 1. The zero-order chi connectivity index (χ0) is 17.7. The maximum atomic E-state index is 12.3. The standard InChI is InChI=1S/C15H20N2O6S/c1-3-22-14(23-4-2)9-16-13(18)10-17-15(19)11-7-5-6-8-12(11)24(17,20)21/h5-8,14H,3-4,9-10H2,1-2H3,(H,16,18). The van der Waals surface area contributed by atoms with Crippen LogP contribution in [0, 0.1) is 0 Å². The zero-order valence-corrected chi connectivity index (χ0v) is 14.3. The molecule has 0 saturated carbocycles. The van der Waals surface area contributed by atoms with Crippen molar-refractivity contribution in [3.8, 4) is 0 Å². The Morgan fingerprint density at radius 2 is 1.83 bits per heavy atom. The summed E-state index contributed by atoms with van der Waals surface area (Å²) in [4.78, 5) is 24.1. The van der Waals surface area contributed by atoms with Crippen LogP contribution in [0.1, 0.15) is 24.2 Å². The van der Waals surface area contributed by atoms with E-state index in [4.69, 9.17) is 9.47 Å². The van der Waals surface area contributed by atoms with E-state index in [-0.39, 0.29) is 17.0 Å². The van der Waals surface area contributed by atoms with Crippen molar-refractivity contribution in [3.63, 3.8) is 0 Å². The van der Waals surface area contributed by atoms with Crippen LogP contribution in [0.4, 0.5) is 0 Å². The van der Waals surface area contributed by atoms with Crippen molar-refractivity contribution in [1.29, 1.82) is 0 Å². The van der Waals surface area contributed by atoms with Crippen LogP contribution in [-0.4, -0.2) is 57.1 Å². The normalized spacial score (nSPS) is 15.6. The van der Waals surface area contributed by atoms with E-state index in [0.717, 1.165) is 0 Å². The molecule has 0 aliphatic carbocycles. The lowest BCUT2D eigenvalue weighted by Gasteiger charge is -2.19. The second kappa shape index (κ2) is 7.73. The third-order valence-corrected chi connectivity index (χ3v) is 5.16. The molecule has 0 atom stereocenters. The van der Waals surface area contributed by atoms with E-state index in [9.17, 15) is 18.0 Å². The maximum Gasteiger partial charge on any atom is 0.269 e. The Hall–Kier alpha value is -1.97. The Morgan fingerprint density at radius 1 is 1.21 bits per heavy atom. The minimum absolute atomic E-state index is 0.0650. The number of sulfonamides is 1. The molecule has 0 saturated heterocycles. The van der Waals surface area contributed by atoms with Crippen molar-refractivity contribution in [2.24, 2.45) is 0 Å². The average molecular weight is 356 g/mol. The number of carbonyl (C=O) groups excluding carboxylic acids is 2. The Morgan fingerprint density at radius 3 is 2.42 bits per heavy atom. The van der Waals surface area contributed by atoms with Gasteiger partial charge in [0.15, 0.2) is 6.29 Å². The number of amides is 2. The lowest BCUT2D eigenvalue weighted by molar-refractivity contribution is -0.140. The molecule has 0 spiro atoms. The Balaban J connectivity index is 2.01. The summed E-state index contributed by atoms with van der Waals surface area (Å²) in [6.07, 6.45) is -0.618. The van der Waals surface area contributed by atoms with Gasteiger partial charge in [-0.3, -0.25) is 9.59 Å². The molecule has 2 amide bonds. The molecule has 0 unspecified atom stereocenters. The minimum atomic E-state index is -3.99. The molecule has 1 heterocycles. The molecule has 0 fully saturated rings. The summed E-state index contributed by atoms with van der Waals surface area (Å²) >= 11 is 0. The van der Waals surface area contributed by atoms with Crippen LogP contribution in [0.3, 0.4) is 0 Å². The summed E-state index contributed by atoms with van der Waals surface area (Å²) in [6.45, 7) is 3.89. The highest BCUT2D eigenvalue weighted by Crippen LogP contribution is 2.29. The third-order valence-electron chi connectivity index (χ3n) is 3.37. The van der Waals surface area contributed by atoms with Gasteiger partial charge in [0.1, 0.15) is 11.4 Å². The molecular formula is C15H20N2O6S. The highest BCUT2D eigenvalue weighted by Gasteiger charge is 2.41. The molecule has 1 aliphatic heterocycles. The first-order valence-corrected chi connectivity index (χ1v) is 9.01. The number of nitrogens with one attached hydrogen (secondary N) is 1. The molecule has 0 radical (unpaired) electrons. The number of fused-ring (bicyclic) bond motifs is 1. The van der Waals surface area contributed by atoms with Crippen molar-refractivity contribution < 1.29 is 27.5 Å². The van der Waals surface area contributed by atoms with Gasteiger partial charge in [0.2, 0.25) is 5.91 Å². The van der Waals surface area contributed by atoms with Crippen LogP contribution in [0.15, 0.2) is 29.2 Å². The van der Waals surface area contributed by atoms with Crippen molar-refractivity contribution in [2.45, 2.75) is 25.0 Å². The average Bonchev–Trinajstić information content (AvgIpc) is 2.74. The van der Waals surface area contributed by atoms with E-state index in [1.807, 2.05) is 0 Å². The third kappa shape index (κ3) is 3.74. The van der Waals surface area contributed by atoms with Gasteiger partial charge in [-0.1, -0.05) is 12.1 Å². The van der Waals surface area contributed by atoms with Gasteiger partial charge in [-0.15, -0.1) is 0 Å². The van der Waals surface area contributed by atoms with E-state index in [0.29, 0.717) is 17.5 Å². The largest absolute Gasteiger partial charge is 0.351 e. The summed E-state index contributed by atoms with van der Waals surface area (Å²) in [7, 11) is -3.99. The summed E-state index contributed by atoms with van der Waals surface area (Å²) in [5, 5.41) is 2.52. The number of hydrogen-bond acceptors (Lipinski definition) is 6. The fourth-order valence-electron chi connectivity index (χ4n) is 2.31. The molecule has 0 aromatic heterocycles. The second-order valence-electron chi connectivity index (χ2n) is 4.96. The molecular weight excluding hydrogens is 336 g/mol. The summed E-state index contributed by atoms with van der Waals surface area (Å²) < 4.78 is 35.8. The first kappa shape index (κ1) is 18.4. The molecule has 1 aromatic rings. The molecule has 9 heteroatoms. The second-order valence-corrected chi connectivity index (χ2v) is 6.79. The lowest BCUT2D eigenvalue weighted by Crippen LogP contribution is -2.43.